The van der Waals surface area contributed by atoms with Crippen molar-refractivity contribution in [2.75, 3.05) is 38.3 Å². The van der Waals surface area contributed by atoms with Crippen LogP contribution in [0.5, 0.6) is 0 Å². The van der Waals surface area contributed by atoms with Crippen molar-refractivity contribution in [1.82, 2.24) is 0 Å². The van der Waals surface area contributed by atoms with Gasteiger partial charge in [-0.15, -0.1) is 0 Å². The lowest BCUT2D eigenvalue weighted by atomic mass is 10.0. The highest BCUT2D eigenvalue weighted by molar-refractivity contribution is 9.10. The number of hydrogen-bond acceptors (Lipinski definition) is 6. The SMILES string of the molecule is CC.CCC.COC(=O)c1cc(Br)cc(-c2ccc3c(=O)cc(N4CCOCC4)oc3c2)c1. The molecule has 0 bridgehead atoms. The maximum Gasteiger partial charge on any atom is 0.337 e. The number of morpholine rings is 1. The molecule has 1 fully saturated rings. The van der Waals surface area contributed by atoms with E-state index in [1.165, 1.54) is 19.6 Å². The van der Waals surface area contributed by atoms with Gasteiger partial charge in [0.25, 0.3) is 0 Å². The first kappa shape index (κ1) is 26.6. The summed E-state index contributed by atoms with van der Waals surface area (Å²) in [5, 5.41) is 0.518. The third-order valence-corrected chi connectivity index (χ3v) is 5.15. The summed E-state index contributed by atoms with van der Waals surface area (Å²) in [6.45, 7) is 10.8. The van der Waals surface area contributed by atoms with Crippen LogP contribution < -0.4 is 10.3 Å². The summed E-state index contributed by atoms with van der Waals surface area (Å²) in [6, 6.07) is 12.3. The minimum atomic E-state index is -0.413. The molecular weight excluding hydrogens is 486 g/mol. The summed E-state index contributed by atoms with van der Waals surface area (Å²) < 4.78 is 17.0. The topological polar surface area (TPSA) is 69.0 Å². The number of ether oxygens (including phenoxy) is 2. The highest BCUT2D eigenvalue weighted by Crippen LogP contribution is 2.29. The van der Waals surface area contributed by atoms with Crippen molar-refractivity contribution in [3.8, 4) is 11.1 Å². The maximum atomic E-state index is 12.5. The fraction of sp³-hybridized carbons (Fsp3) is 0.385. The Bertz CT molecular complexity index is 1120. The Hall–Kier alpha value is -2.64. The lowest BCUT2D eigenvalue weighted by Crippen LogP contribution is -2.36. The first-order valence-corrected chi connectivity index (χ1v) is 12.1. The quantitative estimate of drug-likeness (QED) is 0.380. The summed E-state index contributed by atoms with van der Waals surface area (Å²) in [6.07, 6.45) is 1.25. The zero-order valence-corrected chi connectivity index (χ0v) is 21.5. The molecular formula is C26H32BrNO5. The zero-order valence-electron chi connectivity index (χ0n) is 19.9. The number of benzene rings is 2. The molecule has 0 aliphatic carbocycles. The van der Waals surface area contributed by atoms with Crippen LogP contribution in [0.25, 0.3) is 22.1 Å². The van der Waals surface area contributed by atoms with E-state index in [1.807, 2.05) is 36.9 Å². The Morgan fingerprint density at radius 2 is 1.70 bits per heavy atom. The third-order valence-electron chi connectivity index (χ3n) is 4.69. The molecule has 178 valence electrons. The summed E-state index contributed by atoms with van der Waals surface area (Å²) in [5.41, 5.74) is 2.51. The highest BCUT2D eigenvalue weighted by atomic mass is 79.9. The van der Waals surface area contributed by atoms with Gasteiger partial charge in [0, 0.05) is 23.6 Å². The summed E-state index contributed by atoms with van der Waals surface area (Å²) in [5.74, 6) is 0.131. The van der Waals surface area contributed by atoms with Crippen molar-refractivity contribution in [2.24, 2.45) is 0 Å². The molecule has 6 nitrogen and oxygen atoms in total. The molecule has 0 unspecified atom stereocenters. The van der Waals surface area contributed by atoms with E-state index in [1.54, 1.807) is 18.2 Å². The van der Waals surface area contributed by atoms with Gasteiger partial charge in [-0.3, -0.25) is 4.79 Å². The van der Waals surface area contributed by atoms with E-state index in [4.69, 9.17) is 13.9 Å². The molecule has 0 radical (unpaired) electrons. The number of rotatable bonds is 3. The second-order valence-electron chi connectivity index (χ2n) is 7.19. The number of halogens is 1. The van der Waals surface area contributed by atoms with E-state index in [2.05, 4.69) is 29.8 Å². The number of anilines is 1. The maximum absolute atomic E-state index is 12.5. The lowest BCUT2D eigenvalue weighted by Gasteiger charge is -2.27. The molecule has 0 atom stereocenters. The Morgan fingerprint density at radius 1 is 1.03 bits per heavy atom. The van der Waals surface area contributed by atoms with Crippen molar-refractivity contribution in [2.45, 2.75) is 34.1 Å². The Balaban J connectivity index is 0.000000714. The van der Waals surface area contributed by atoms with Crippen LogP contribution >= 0.6 is 15.9 Å². The van der Waals surface area contributed by atoms with Crippen LogP contribution in [-0.2, 0) is 9.47 Å². The van der Waals surface area contributed by atoms with Crippen molar-refractivity contribution >= 4 is 38.8 Å². The predicted octanol–water partition coefficient (Wildman–Crippen LogP) is 6.29. The number of nitrogens with zero attached hydrogens (tertiary/aromatic N) is 1. The third kappa shape index (κ3) is 6.92. The van der Waals surface area contributed by atoms with Crippen LogP contribution in [0, 0.1) is 0 Å². The average Bonchev–Trinajstić information content (AvgIpc) is 2.85. The van der Waals surface area contributed by atoms with Crippen LogP contribution in [0.3, 0.4) is 0 Å². The van der Waals surface area contributed by atoms with Gasteiger partial charge < -0.3 is 18.8 Å². The number of methoxy groups -OCH3 is 1. The van der Waals surface area contributed by atoms with Crippen molar-refractivity contribution < 1.29 is 18.7 Å². The van der Waals surface area contributed by atoms with Crippen molar-refractivity contribution in [3.63, 3.8) is 0 Å². The van der Waals surface area contributed by atoms with Gasteiger partial charge in [0.2, 0.25) is 0 Å². The molecule has 2 aromatic carbocycles. The molecule has 2 heterocycles. The number of carbonyl (C=O) groups is 1. The second kappa shape index (κ2) is 13.2. The van der Waals surface area contributed by atoms with Crippen molar-refractivity contribution in [3.05, 3.63) is 62.7 Å². The number of esters is 1. The normalized spacial score (nSPS) is 12.8. The van der Waals surface area contributed by atoms with Crippen LogP contribution in [0.1, 0.15) is 44.5 Å². The Labute approximate surface area is 203 Å². The molecule has 1 aliphatic heterocycles. The number of carbonyl (C=O) groups excluding carboxylic acids is 1. The van der Waals surface area contributed by atoms with Crippen LogP contribution in [0.4, 0.5) is 5.88 Å². The van der Waals surface area contributed by atoms with Gasteiger partial charge in [-0.25, -0.2) is 4.79 Å². The second-order valence-corrected chi connectivity index (χ2v) is 8.10. The Morgan fingerprint density at radius 3 is 2.33 bits per heavy atom. The van der Waals surface area contributed by atoms with E-state index in [0.717, 1.165) is 15.6 Å². The molecule has 0 N–H and O–H groups in total. The van der Waals surface area contributed by atoms with Crippen LogP contribution in [-0.4, -0.2) is 39.4 Å². The van der Waals surface area contributed by atoms with E-state index >= 15 is 0 Å². The van der Waals surface area contributed by atoms with Crippen LogP contribution in [0.15, 0.2) is 56.1 Å². The molecule has 0 saturated carbocycles. The number of fused-ring (bicyclic) bond motifs is 1. The Kier molecular flexibility index (Phi) is 10.6. The van der Waals surface area contributed by atoms with E-state index < -0.39 is 5.97 Å². The molecule has 1 saturated heterocycles. The first-order chi connectivity index (χ1) is 16.0. The summed E-state index contributed by atoms with van der Waals surface area (Å²) >= 11 is 3.43. The predicted molar refractivity (Wildman–Crippen MR) is 137 cm³/mol. The van der Waals surface area contributed by atoms with Gasteiger partial charge in [-0.2, -0.15) is 0 Å². The first-order valence-electron chi connectivity index (χ1n) is 11.3. The van der Waals surface area contributed by atoms with Crippen LogP contribution in [0.2, 0.25) is 0 Å². The van der Waals surface area contributed by atoms with Gasteiger partial charge >= 0.3 is 5.97 Å². The fourth-order valence-corrected chi connectivity index (χ4v) is 3.75. The highest BCUT2D eigenvalue weighted by Gasteiger charge is 2.16. The van der Waals surface area contributed by atoms with Gasteiger partial charge in [-0.05, 0) is 41.5 Å². The lowest BCUT2D eigenvalue weighted by molar-refractivity contribution is 0.0600. The number of hydrogen-bond donors (Lipinski definition) is 0. The smallest absolute Gasteiger partial charge is 0.337 e. The minimum absolute atomic E-state index is 0.0845. The average molecular weight is 518 g/mol. The van der Waals surface area contributed by atoms with Gasteiger partial charge in [0.15, 0.2) is 11.3 Å². The molecule has 33 heavy (non-hydrogen) atoms. The standard InChI is InChI=1S/C21H18BrNO5.C3H8.C2H6/c1-26-21(25)15-8-14(9-16(22)10-15)13-2-3-17-18(24)12-20(28-19(17)11-13)23-4-6-27-7-5-23;1-3-2;1-2/h2-3,8-12H,4-7H2,1H3;3H2,1-2H3;1-2H3. The van der Waals surface area contributed by atoms with Gasteiger partial charge in [0.1, 0.15) is 5.58 Å². The molecule has 0 spiro atoms. The summed E-state index contributed by atoms with van der Waals surface area (Å²) in [4.78, 5) is 26.5. The van der Waals surface area contributed by atoms with E-state index in [-0.39, 0.29) is 5.43 Å². The van der Waals surface area contributed by atoms with Crippen molar-refractivity contribution in [1.29, 1.82) is 0 Å². The minimum Gasteiger partial charge on any atom is -0.465 e. The van der Waals surface area contributed by atoms with Gasteiger partial charge in [0.05, 0.1) is 31.3 Å². The largest absolute Gasteiger partial charge is 0.465 e. The van der Waals surface area contributed by atoms with E-state index in [9.17, 15) is 9.59 Å². The molecule has 0 amide bonds. The molecule has 3 aromatic rings. The molecule has 7 heteroatoms. The molecule has 1 aromatic heterocycles. The van der Waals surface area contributed by atoms with Gasteiger partial charge in [-0.1, -0.05) is 56.1 Å². The molecule has 4 rings (SSSR count). The van der Waals surface area contributed by atoms with E-state index in [0.29, 0.717) is 48.7 Å². The monoisotopic (exact) mass is 517 g/mol. The molecule has 1 aliphatic rings. The fourth-order valence-electron chi connectivity index (χ4n) is 3.25. The zero-order chi connectivity index (χ0) is 24.4. The summed E-state index contributed by atoms with van der Waals surface area (Å²) in [7, 11) is 1.35.